The van der Waals surface area contributed by atoms with Crippen LogP contribution in [0.2, 0.25) is 0 Å². The van der Waals surface area contributed by atoms with E-state index in [1.807, 2.05) is 12.1 Å². The van der Waals surface area contributed by atoms with Crippen molar-refractivity contribution >= 4 is 17.2 Å². The second kappa shape index (κ2) is 6.35. The first-order valence-electron chi connectivity index (χ1n) is 6.99. The van der Waals surface area contributed by atoms with Gasteiger partial charge in [0, 0.05) is 12.1 Å². The first kappa shape index (κ1) is 15.6. The first-order chi connectivity index (χ1) is 9.86. The molecule has 1 nitrogen and oxygen atoms in total. The summed E-state index contributed by atoms with van der Waals surface area (Å²) in [5, 5.41) is 3.20. The van der Waals surface area contributed by atoms with Gasteiger partial charge in [-0.15, -0.1) is 0 Å². The normalized spacial score (nSPS) is 11.2. The van der Waals surface area contributed by atoms with E-state index >= 15 is 0 Å². The maximum atomic E-state index is 12.8. The average Bonchev–Trinajstić information content (AvgIpc) is 2.45. The van der Waals surface area contributed by atoms with E-state index in [-0.39, 0.29) is 11.2 Å². The predicted molar refractivity (Wildman–Crippen MR) is 90.1 cm³/mol. The molecule has 0 spiro atoms. The van der Waals surface area contributed by atoms with Crippen molar-refractivity contribution in [3.63, 3.8) is 0 Å². The van der Waals surface area contributed by atoms with E-state index in [2.05, 4.69) is 38.2 Å². The molecule has 0 aromatic heterocycles. The Labute approximate surface area is 131 Å². The van der Waals surface area contributed by atoms with Gasteiger partial charge in [0.1, 0.15) is 10.8 Å². The van der Waals surface area contributed by atoms with Gasteiger partial charge in [-0.25, -0.2) is 4.39 Å². The topological polar surface area (TPSA) is 12.0 Å². The van der Waals surface area contributed by atoms with E-state index in [0.29, 0.717) is 11.5 Å². The summed E-state index contributed by atoms with van der Waals surface area (Å²) in [4.78, 5) is 0.708. The molecular formula is C18H20FNS. The molecule has 0 amide bonds. The fraction of sp³-hybridized carbons (Fsp3) is 0.278. The van der Waals surface area contributed by atoms with Crippen LogP contribution in [0, 0.1) is 5.82 Å². The van der Waals surface area contributed by atoms with Crippen LogP contribution in [-0.4, -0.2) is 4.99 Å². The van der Waals surface area contributed by atoms with Crippen molar-refractivity contribution in [1.29, 1.82) is 0 Å². The Morgan fingerprint density at radius 2 is 1.57 bits per heavy atom. The largest absolute Gasteiger partial charge is 0.372 e. The van der Waals surface area contributed by atoms with Crippen LogP contribution in [0.15, 0.2) is 48.5 Å². The number of halogens is 1. The van der Waals surface area contributed by atoms with Crippen LogP contribution in [0.25, 0.3) is 0 Å². The van der Waals surface area contributed by atoms with E-state index in [1.54, 1.807) is 12.1 Å². The summed E-state index contributed by atoms with van der Waals surface area (Å²) >= 11 is 5.40. The Kier molecular flexibility index (Phi) is 4.73. The minimum atomic E-state index is -0.223. The molecule has 0 heterocycles. The molecule has 0 saturated carbocycles. The summed E-state index contributed by atoms with van der Waals surface area (Å²) in [5.74, 6) is -0.223. The van der Waals surface area contributed by atoms with Gasteiger partial charge in [-0.1, -0.05) is 69.4 Å². The zero-order valence-corrected chi connectivity index (χ0v) is 13.4. The van der Waals surface area contributed by atoms with Crippen molar-refractivity contribution in [2.75, 3.05) is 0 Å². The van der Waals surface area contributed by atoms with Crippen molar-refractivity contribution in [2.45, 2.75) is 32.7 Å². The lowest BCUT2D eigenvalue weighted by Gasteiger charge is -2.19. The van der Waals surface area contributed by atoms with Crippen molar-refractivity contribution < 1.29 is 4.39 Å². The molecule has 0 aliphatic rings. The molecule has 2 aromatic rings. The average molecular weight is 301 g/mol. The van der Waals surface area contributed by atoms with Gasteiger partial charge < -0.3 is 5.32 Å². The summed E-state index contributed by atoms with van der Waals surface area (Å²) in [7, 11) is 0. The lowest BCUT2D eigenvalue weighted by atomic mass is 9.87. The van der Waals surface area contributed by atoms with Gasteiger partial charge >= 0.3 is 0 Å². The Morgan fingerprint density at radius 1 is 1.00 bits per heavy atom. The molecular weight excluding hydrogens is 281 g/mol. The van der Waals surface area contributed by atoms with Crippen molar-refractivity contribution in [2.24, 2.45) is 0 Å². The van der Waals surface area contributed by atoms with Gasteiger partial charge in [0.2, 0.25) is 0 Å². The summed E-state index contributed by atoms with van der Waals surface area (Å²) in [6, 6.07) is 14.7. The maximum absolute atomic E-state index is 12.8. The number of benzene rings is 2. The third-order valence-corrected chi connectivity index (χ3v) is 3.76. The molecule has 0 saturated heterocycles. The van der Waals surface area contributed by atoms with Gasteiger partial charge in [-0.3, -0.25) is 0 Å². The molecule has 0 radical (unpaired) electrons. The van der Waals surface area contributed by atoms with Crippen LogP contribution >= 0.6 is 12.2 Å². The van der Waals surface area contributed by atoms with Crippen LogP contribution in [0.4, 0.5) is 4.39 Å². The fourth-order valence-electron chi connectivity index (χ4n) is 2.01. The molecule has 110 valence electrons. The zero-order chi connectivity index (χ0) is 15.5. The standard InChI is InChI=1S/C18H20FNS/c1-18(2,3)15-8-6-14(7-9-15)17(21)20-12-13-4-10-16(19)11-5-13/h4-11H,12H2,1-3H3,(H,20,21). The predicted octanol–water partition coefficient (Wildman–Crippen LogP) is 4.59. The monoisotopic (exact) mass is 301 g/mol. The number of thiocarbonyl (C=S) groups is 1. The van der Waals surface area contributed by atoms with Crippen LogP contribution in [0.1, 0.15) is 37.5 Å². The second-order valence-electron chi connectivity index (χ2n) is 6.14. The number of hydrogen-bond acceptors (Lipinski definition) is 1. The molecule has 2 aromatic carbocycles. The Bertz CT molecular complexity index is 609. The fourth-order valence-corrected chi connectivity index (χ4v) is 2.22. The summed E-state index contributed by atoms with van der Waals surface area (Å²) < 4.78 is 12.8. The van der Waals surface area contributed by atoms with Gasteiger partial charge in [-0.2, -0.15) is 0 Å². The smallest absolute Gasteiger partial charge is 0.123 e. The van der Waals surface area contributed by atoms with Gasteiger partial charge in [0.15, 0.2) is 0 Å². The Morgan fingerprint density at radius 3 is 2.10 bits per heavy atom. The Balaban J connectivity index is 1.99. The van der Waals surface area contributed by atoms with E-state index in [9.17, 15) is 4.39 Å². The van der Waals surface area contributed by atoms with Crippen LogP contribution in [0.5, 0.6) is 0 Å². The molecule has 0 unspecified atom stereocenters. The molecule has 0 fully saturated rings. The summed E-state index contributed by atoms with van der Waals surface area (Å²) in [6.45, 7) is 7.16. The maximum Gasteiger partial charge on any atom is 0.123 e. The lowest BCUT2D eigenvalue weighted by Crippen LogP contribution is -2.22. The molecule has 0 aliphatic carbocycles. The highest BCUT2D eigenvalue weighted by molar-refractivity contribution is 7.80. The van der Waals surface area contributed by atoms with Gasteiger partial charge in [-0.05, 0) is 28.7 Å². The molecule has 0 atom stereocenters. The molecule has 2 rings (SSSR count). The van der Waals surface area contributed by atoms with E-state index < -0.39 is 0 Å². The van der Waals surface area contributed by atoms with E-state index in [1.165, 1.54) is 17.7 Å². The van der Waals surface area contributed by atoms with E-state index in [0.717, 1.165) is 11.1 Å². The minimum absolute atomic E-state index is 0.141. The van der Waals surface area contributed by atoms with Crippen molar-refractivity contribution in [3.8, 4) is 0 Å². The van der Waals surface area contributed by atoms with Crippen molar-refractivity contribution in [1.82, 2.24) is 5.32 Å². The Hall–Kier alpha value is -1.74. The van der Waals surface area contributed by atoms with Gasteiger partial charge in [0.25, 0.3) is 0 Å². The summed E-state index contributed by atoms with van der Waals surface area (Å²) in [6.07, 6.45) is 0. The number of hydrogen-bond donors (Lipinski definition) is 1. The summed E-state index contributed by atoms with van der Waals surface area (Å²) in [5.41, 5.74) is 3.43. The second-order valence-corrected chi connectivity index (χ2v) is 6.54. The van der Waals surface area contributed by atoms with Crippen LogP contribution in [-0.2, 0) is 12.0 Å². The highest BCUT2D eigenvalue weighted by Crippen LogP contribution is 2.22. The first-order valence-corrected chi connectivity index (χ1v) is 7.40. The molecule has 3 heteroatoms. The van der Waals surface area contributed by atoms with Crippen LogP contribution in [0.3, 0.4) is 0 Å². The number of nitrogens with one attached hydrogen (secondary N) is 1. The lowest BCUT2D eigenvalue weighted by molar-refractivity contribution is 0.590. The third-order valence-electron chi connectivity index (χ3n) is 3.38. The van der Waals surface area contributed by atoms with E-state index in [4.69, 9.17) is 12.2 Å². The molecule has 21 heavy (non-hydrogen) atoms. The SMILES string of the molecule is CC(C)(C)c1ccc(C(=S)NCc2ccc(F)cc2)cc1. The number of rotatable bonds is 3. The highest BCUT2D eigenvalue weighted by Gasteiger charge is 2.13. The van der Waals surface area contributed by atoms with Crippen molar-refractivity contribution in [3.05, 3.63) is 71.0 Å². The quantitative estimate of drug-likeness (QED) is 0.832. The van der Waals surface area contributed by atoms with Gasteiger partial charge in [0.05, 0.1) is 0 Å². The molecule has 0 aliphatic heterocycles. The minimum Gasteiger partial charge on any atom is -0.372 e. The highest BCUT2D eigenvalue weighted by atomic mass is 32.1. The zero-order valence-electron chi connectivity index (χ0n) is 12.6. The third kappa shape index (κ3) is 4.36. The van der Waals surface area contributed by atoms with Crippen LogP contribution < -0.4 is 5.32 Å². The molecule has 1 N–H and O–H groups in total. The molecule has 0 bridgehead atoms.